The van der Waals surface area contributed by atoms with Gasteiger partial charge in [-0.3, -0.25) is 4.99 Å². The van der Waals surface area contributed by atoms with Crippen molar-refractivity contribution in [1.82, 2.24) is 5.32 Å². The third-order valence-electron chi connectivity index (χ3n) is 5.35. The van der Waals surface area contributed by atoms with Crippen molar-refractivity contribution in [2.24, 2.45) is 4.99 Å². The zero-order valence-electron chi connectivity index (χ0n) is 20.9. The van der Waals surface area contributed by atoms with Gasteiger partial charge in [0.05, 0.1) is 6.10 Å². The van der Waals surface area contributed by atoms with Crippen LogP contribution in [-0.2, 0) is 17.7 Å². The summed E-state index contributed by atoms with van der Waals surface area (Å²) >= 11 is 6.36. The summed E-state index contributed by atoms with van der Waals surface area (Å²) < 4.78 is 47.3. The fraction of sp³-hybridized carbons (Fsp3) is 0.393. The Morgan fingerprint density at radius 3 is 2.47 bits per heavy atom. The Morgan fingerprint density at radius 1 is 1.08 bits per heavy atom. The van der Waals surface area contributed by atoms with E-state index in [0.717, 1.165) is 36.0 Å². The topological polar surface area (TPSA) is 42.8 Å². The molecule has 2 aromatic carbocycles. The van der Waals surface area contributed by atoms with E-state index < -0.39 is 6.36 Å². The molecule has 0 aliphatic heterocycles. The number of aryl methyl sites for hydroxylation is 1. The summed E-state index contributed by atoms with van der Waals surface area (Å²) in [7, 11) is 0. The van der Waals surface area contributed by atoms with Crippen LogP contribution in [0.15, 0.2) is 71.9 Å². The van der Waals surface area contributed by atoms with Gasteiger partial charge >= 0.3 is 6.36 Å². The molecule has 1 N–H and O–H groups in total. The highest BCUT2D eigenvalue weighted by molar-refractivity contribution is 6.30. The first-order valence-corrected chi connectivity index (χ1v) is 12.4. The molecule has 0 radical (unpaired) electrons. The predicted octanol–water partition coefficient (Wildman–Crippen LogP) is 7.98. The molecule has 0 aliphatic carbocycles. The standard InChI is InChI=1S/C28H34ClF3N2O2/c1-4-7-14-33-16-13-27(23-17-21(5-2)18-24(29)19-23)35-25(6-3)12-15-34-20-22-8-10-26(11-9-22)36-28(30,31)32/h4,7-11,13-14,16-19,25,27,34H,5-6,12,15,20H2,1-3H3/b7-4+,16-13+,33-14+. The third kappa shape index (κ3) is 11.4. The number of nitrogens with zero attached hydrogens (tertiary/aromatic N) is 1. The highest BCUT2D eigenvalue weighted by Crippen LogP contribution is 2.27. The first kappa shape index (κ1) is 29.6. The number of aliphatic imine (C=N–C) groups is 1. The number of halogens is 4. The van der Waals surface area contributed by atoms with Crippen LogP contribution < -0.4 is 10.1 Å². The number of hydrogen-bond acceptors (Lipinski definition) is 4. The van der Waals surface area contributed by atoms with Crippen LogP contribution in [0.5, 0.6) is 5.75 Å². The highest BCUT2D eigenvalue weighted by Gasteiger charge is 2.30. The molecule has 0 amide bonds. The van der Waals surface area contributed by atoms with Crippen LogP contribution in [0.1, 0.15) is 56.4 Å². The van der Waals surface area contributed by atoms with Gasteiger partial charge in [0, 0.05) is 24.0 Å². The minimum atomic E-state index is -4.69. The lowest BCUT2D eigenvalue weighted by Gasteiger charge is -2.23. The summed E-state index contributed by atoms with van der Waals surface area (Å²) in [6, 6.07) is 11.8. The number of allylic oxidation sites excluding steroid dienone is 2. The maximum Gasteiger partial charge on any atom is 0.573 e. The van der Waals surface area contributed by atoms with Gasteiger partial charge in [-0.25, -0.2) is 0 Å². The summed E-state index contributed by atoms with van der Waals surface area (Å²) in [6.45, 7) is 7.30. The molecular weight excluding hydrogens is 489 g/mol. The van der Waals surface area contributed by atoms with Gasteiger partial charge < -0.3 is 14.8 Å². The van der Waals surface area contributed by atoms with Gasteiger partial charge in [0.2, 0.25) is 0 Å². The Labute approximate surface area is 216 Å². The van der Waals surface area contributed by atoms with Gasteiger partial charge in [-0.1, -0.05) is 49.7 Å². The summed E-state index contributed by atoms with van der Waals surface area (Å²) in [4.78, 5) is 4.27. The maximum atomic E-state index is 12.3. The molecule has 36 heavy (non-hydrogen) atoms. The quantitative estimate of drug-likeness (QED) is 0.202. The molecule has 2 atom stereocenters. The van der Waals surface area contributed by atoms with Crippen molar-refractivity contribution in [1.29, 1.82) is 0 Å². The molecule has 0 saturated heterocycles. The van der Waals surface area contributed by atoms with Crippen molar-refractivity contribution in [2.45, 2.75) is 65.1 Å². The van der Waals surface area contributed by atoms with Crippen molar-refractivity contribution >= 4 is 17.8 Å². The monoisotopic (exact) mass is 522 g/mol. The van der Waals surface area contributed by atoms with Gasteiger partial charge in [0.1, 0.15) is 11.9 Å². The Morgan fingerprint density at radius 2 is 1.83 bits per heavy atom. The molecule has 0 saturated carbocycles. The summed E-state index contributed by atoms with van der Waals surface area (Å²) in [5.74, 6) is -0.230. The SMILES string of the molecule is C/C=C/C=N/C=C/C(OC(CC)CCNCc1ccc(OC(F)(F)F)cc1)c1cc(Cl)cc(CC)c1. The van der Waals surface area contributed by atoms with Crippen LogP contribution >= 0.6 is 11.6 Å². The zero-order valence-corrected chi connectivity index (χ0v) is 21.6. The molecular formula is C28H34ClF3N2O2. The van der Waals surface area contributed by atoms with Crippen LogP contribution in [0.4, 0.5) is 13.2 Å². The molecule has 0 aromatic heterocycles. The summed E-state index contributed by atoms with van der Waals surface area (Å²) in [6.07, 6.45) is 6.57. The molecule has 196 valence electrons. The van der Waals surface area contributed by atoms with Gasteiger partial charge in [-0.05, 0) is 85.8 Å². The van der Waals surface area contributed by atoms with E-state index in [1.807, 2.05) is 37.3 Å². The van der Waals surface area contributed by atoms with E-state index in [2.05, 4.69) is 35.0 Å². The second-order valence-electron chi connectivity index (χ2n) is 8.16. The number of benzene rings is 2. The Hall–Kier alpha value is -2.61. The van der Waals surface area contributed by atoms with Crippen molar-refractivity contribution in [3.8, 4) is 5.75 Å². The molecule has 0 aliphatic rings. The van der Waals surface area contributed by atoms with Gasteiger partial charge in [0.25, 0.3) is 0 Å². The van der Waals surface area contributed by atoms with E-state index in [0.29, 0.717) is 18.1 Å². The lowest BCUT2D eigenvalue weighted by molar-refractivity contribution is -0.274. The second-order valence-corrected chi connectivity index (χ2v) is 8.59. The molecule has 2 aromatic rings. The fourth-order valence-corrected chi connectivity index (χ4v) is 3.74. The van der Waals surface area contributed by atoms with Crippen molar-refractivity contribution in [3.05, 3.63) is 88.6 Å². The van der Waals surface area contributed by atoms with Crippen LogP contribution in [0.25, 0.3) is 0 Å². The Kier molecular flexibility index (Phi) is 12.7. The van der Waals surface area contributed by atoms with E-state index in [-0.39, 0.29) is 18.0 Å². The first-order chi connectivity index (χ1) is 17.2. The lowest BCUT2D eigenvalue weighted by atomic mass is 10.0. The molecule has 0 heterocycles. The van der Waals surface area contributed by atoms with Gasteiger partial charge in [-0.2, -0.15) is 0 Å². The number of hydrogen-bond donors (Lipinski definition) is 1. The Balaban J connectivity index is 1.97. The van der Waals surface area contributed by atoms with Crippen LogP contribution in [0.3, 0.4) is 0 Å². The first-order valence-electron chi connectivity index (χ1n) is 12.0. The maximum absolute atomic E-state index is 12.3. The lowest BCUT2D eigenvalue weighted by Crippen LogP contribution is -2.23. The van der Waals surface area contributed by atoms with E-state index in [4.69, 9.17) is 16.3 Å². The third-order valence-corrected chi connectivity index (χ3v) is 5.57. The van der Waals surface area contributed by atoms with E-state index in [1.165, 1.54) is 12.1 Å². The minimum Gasteiger partial charge on any atom is -0.406 e. The molecule has 8 heteroatoms. The minimum absolute atomic E-state index is 0.0155. The summed E-state index contributed by atoms with van der Waals surface area (Å²) in [5, 5.41) is 4.00. The van der Waals surface area contributed by atoms with Gasteiger partial charge in [0.15, 0.2) is 0 Å². The highest BCUT2D eigenvalue weighted by atomic mass is 35.5. The van der Waals surface area contributed by atoms with E-state index in [1.54, 1.807) is 24.5 Å². The van der Waals surface area contributed by atoms with Crippen LogP contribution in [-0.4, -0.2) is 25.2 Å². The normalized spacial score (nSPS) is 14.2. The van der Waals surface area contributed by atoms with Crippen molar-refractivity contribution in [2.75, 3.05) is 6.54 Å². The number of ether oxygens (including phenoxy) is 2. The molecule has 0 spiro atoms. The number of nitrogens with one attached hydrogen (secondary N) is 1. The number of alkyl halides is 3. The predicted molar refractivity (Wildman–Crippen MR) is 141 cm³/mol. The average Bonchev–Trinajstić information content (AvgIpc) is 2.84. The smallest absolute Gasteiger partial charge is 0.406 e. The zero-order chi connectivity index (χ0) is 26.4. The molecule has 4 nitrogen and oxygen atoms in total. The van der Waals surface area contributed by atoms with E-state index >= 15 is 0 Å². The second kappa shape index (κ2) is 15.5. The molecule has 2 unspecified atom stereocenters. The molecule has 0 bridgehead atoms. The molecule has 0 fully saturated rings. The van der Waals surface area contributed by atoms with Crippen molar-refractivity contribution < 1.29 is 22.6 Å². The fourth-order valence-electron chi connectivity index (χ4n) is 3.47. The van der Waals surface area contributed by atoms with E-state index in [9.17, 15) is 13.2 Å². The van der Waals surface area contributed by atoms with Crippen LogP contribution in [0, 0.1) is 0 Å². The van der Waals surface area contributed by atoms with Crippen LogP contribution in [0.2, 0.25) is 5.02 Å². The van der Waals surface area contributed by atoms with Crippen molar-refractivity contribution in [3.63, 3.8) is 0 Å². The summed E-state index contributed by atoms with van der Waals surface area (Å²) in [5.41, 5.74) is 2.98. The average molecular weight is 523 g/mol. The Bertz CT molecular complexity index is 1000. The molecule has 2 rings (SSSR count). The van der Waals surface area contributed by atoms with Gasteiger partial charge in [-0.15, -0.1) is 13.2 Å². The number of rotatable bonds is 14. The largest absolute Gasteiger partial charge is 0.573 e.